The molecule has 0 spiro atoms. The van der Waals surface area contributed by atoms with E-state index in [2.05, 4.69) is 0 Å². The van der Waals surface area contributed by atoms with Gasteiger partial charge in [0.05, 0.1) is 16.7 Å². The second-order valence-electron chi connectivity index (χ2n) is 5.94. The Kier molecular flexibility index (Phi) is 3.97. The number of carbonyl (C=O) groups is 1. The van der Waals surface area contributed by atoms with E-state index >= 15 is 0 Å². The first-order valence-electron chi connectivity index (χ1n) is 8.16. The molecule has 1 heterocycles. The maximum Gasteiger partial charge on any atom is 0.336 e. The van der Waals surface area contributed by atoms with Crippen molar-refractivity contribution < 1.29 is 24.4 Å². The first-order chi connectivity index (χ1) is 13.0. The third-order valence-electron chi connectivity index (χ3n) is 4.20. The van der Waals surface area contributed by atoms with E-state index in [1.54, 1.807) is 55.6 Å². The quantitative estimate of drug-likeness (QED) is 0.685. The van der Waals surface area contributed by atoms with E-state index in [1.165, 1.54) is 17.0 Å². The Morgan fingerprint density at radius 1 is 0.963 bits per heavy atom. The number of fused-ring (bicyclic) bond motifs is 2. The van der Waals surface area contributed by atoms with Crippen LogP contribution in [0.1, 0.15) is 10.4 Å². The molecular formula is C20H15N2O5+. The van der Waals surface area contributed by atoms with Gasteiger partial charge in [-0.25, -0.2) is 5.21 Å². The largest absolute Gasteiger partial charge is 0.457 e. The molecule has 3 aromatic carbocycles. The Morgan fingerprint density at radius 2 is 1.67 bits per heavy atom. The first kappa shape index (κ1) is 16.6. The number of ether oxygens (including phenoxy) is 2. The van der Waals surface area contributed by atoms with Crippen LogP contribution in [0.5, 0.6) is 23.0 Å². The van der Waals surface area contributed by atoms with Crippen molar-refractivity contribution in [3.63, 3.8) is 0 Å². The molecule has 0 saturated carbocycles. The fourth-order valence-corrected chi connectivity index (χ4v) is 2.92. The molecule has 134 valence electrons. The summed E-state index contributed by atoms with van der Waals surface area (Å²) in [4.78, 5) is 25.7. The Morgan fingerprint density at radius 3 is 2.41 bits per heavy atom. The van der Waals surface area contributed by atoms with Crippen LogP contribution >= 0.6 is 0 Å². The zero-order valence-electron chi connectivity index (χ0n) is 14.3. The van der Waals surface area contributed by atoms with Gasteiger partial charge in [-0.2, -0.15) is 0 Å². The molecule has 1 aliphatic rings. The summed E-state index contributed by atoms with van der Waals surface area (Å²) in [5.74, 6) is 0.877. The lowest BCUT2D eigenvalue weighted by atomic mass is 10.1. The van der Waals surface area contributed by atoms with Crippen LogP contribution < -0.4 is 14.4 Å². The van der Waals surface area contributed by atoms with E-state index in [1.807, 2.05) is 6.07 Å². The zero-order chi connectivity index (χ0) is 19.0. The Bertz CT molecular complexity index is 1050. The maximum atomic E-state index is 12.9. The molecule has 0 aromatic heterocycles. The molecule has 0 bridgehead atoms. The molecule has 1 amide bonds. The zero-order valence-corrected chi connectivity index (χ0v) is 14.3. The Hall–Kier alpha value is -3.87. The van der Waals surface area contributed by atoms with Gasteiger partial charge < -0.3 is 14.4 Å². The highest BCUT2D eigenvalue weighted by molar-refractivity contribution is 6.12. The van der Waals surface area contributed by atoms with E-state index in [9.17, 15) is 14.9 Å². The monoisotopic (exact) mass is 363 g/mol. The average molecular weight is 363 g/mol. The van der Waals surface area contributed by atoms with Gasteiger partial charge in [0.2, 0.25) is 0 Å². The van der Waals surface area contributed by atoms with Crippen molar-refractivity contribution in [2.75, 3.05) is 11.9 Å². The van der Waals surface area contributed by atoms with Crippen molar-refractivity contribution in [2.45, 2.75) is 0 Å². The van der Waals surface area contributed by atoms with Gasteiger partial charge in [0.1, 0.15) is 11.5 Å². The third-order valence-corrected chi connectivity index (χ3v) is 4.20. The number of carbonyl (C=O) groups excluding carboxylic acids is 1. The molecule has 7 nitrogen and oxygen atoms in total. The molecule has 0 atom stereocenters. The minimum Gasteiger partial charge on any atom is -0.457 e. The van der Waals surface area contributed by atoms with E-state index in [0.29, 0.717) is 17.2 Å². The van der Waals surface area contributed by atoms with Crippen molar-refractivity contribution >= 4 is 17.3 Å². The molecule has 1 N–H and O–H groups in total. The SMILES string of the molecule is CN1C(=O)c2c(cc(Oc3ccccc3)cc2[N+](=O)O)Oc2ccccc21. The predicted octanol–water partition coefficient (Wildman–Crippen LogP) is 4.66. The highest BCUT2D eigenvalue weighted by Crippen LogP contribution is 2.43. The number of nitrogens with zero attached hydrogens (tertiary/aromatic N) is 2. The van der Waals surface area contributed by atoms with Crippen LogP contribution in [0.2, 0.25) is 0 Å². The van der Waals surface area contributed by atoms with Crippen molar-refractivity contribution in [3.05, 3.63) is 77.2 Å². The second kappa shape index (κ2) is 6.45. The molecule has 0 unspecified atom stereocenters. The predicted molar refractivity (Wildman–Crippen MR) is 97.3 cm³/mol. The normalized spacial score (nSPS) is 12.5. The van der Waals surface area contributed by atoms with E-state index in [0.717, 1.165) is 0 Å². The lowest BCUT2D eigenvalue weighted by Crippen LogP contribution is -2.26. The highest BCUT2D eigenvalue weighted by atomic mass is 16.6. The summed E-state index contributed by atoms with van der Waals surface area (Å²) in [5.41, 5.74) is 0.236. The van der Waals surface area contributed by atoms with Crippen molar-refractivity contribution in [1.29, 1.82) is 0 Å². The van der Waals surface area contributed by atoms with Gasteiger partial charge in [0.25, 0.3) is 10.8 Å². The van der Waals surface area contributed by atoms with Crippen LogP contribution in [-0.2, 0) is 0 Å². The molecule has 0 radical (unpaired) electrons. The van der Waals surface area contributed by atoms with Crippen LogP contribution in [0.25, 0.3) is 0 Å². The van der Waals surface area contributed by atoms with Gasteiger partial charge in [-0.3, -0.25) is 4.79 Å². The average Bonchev–Trinajstić information content (AvgIpc) is 2.77. The smallest absolute Gasteiger partial charge is 0.336 e. The minimum atomic E-state index is -0.480. The van der Waals surface area contributed by atoms with Crippen LogP contribution in [0, 0.1) is 4.91 Å². The molecule has 4 rings (SSSR count). The summed E-state index contributed by atoms with van der Waals surface area (Å²) >= 11 is 0. The minimum absolute atomic E-state index is 0.0494. The van der Waals surface area contributed by atoms with Gasteiger partial charge in [0, 0.05) is 13.1 Å². The number of hydrogen-bond acceptors (Lipinski definition) is 4. The van der Waals surface area contributed by atoms with E-state index < -0.39 is 5.91 Å². The fourth-order valence-electron chi connectivity index (χ4n) is 2.92. The molecular weight excluding hydrogens is 348 g/mol. The summed E-state index contributed by atoms with van der Waals surface area (Å²) < 4.78 is 11.6. The van der Waals surface area contributed by atoms with Crippen molar-refractivity contribution in [2.24, 2.45) is 0 Å². The van der Waals surface area contributed by atoms with Crippen LogP contribution in [0.3, 0.4) is 0 Å². The number of para-hydroxylation sites is 3. The molecule has 7 heteroatoms. The lowest BCUT2D eigenvalue weighted by Gasteiger charge is -2.15. The van der Waals surface area contributed by atoms with Crippen LogP contribution in [0.4, 0.5) is 11.4 Å². The summed E-state index contributed by atoms with van der Waals surface area (Å²) in [7, 11) is 1.57. The summed E-state index contributed by atoms with van der Waals surface area (Å²) in [6.45, 7) is 0. The van der Waals surface area contributed by atoms with Gasteiger partial charge in [0.15, 0.2) is 17.1 Å². The topological polar surface area (TPSA) is 79.1 Å². The summed E-state index contributed by atoms with van der Waals surface area (Å²) in [6.07, 6.45) is 0. The van der Waals surface area contributed by atoms with Gasteiger partial charge in [-0.1, -0.05) is 30.3 Å². The molecule has 0 aliphatic carbocycles. The standard InChI is InChI=1S/C20H15N2O5/c1-21-15-9-5-6-10-17(15)27-18-12-14(26-13-7-3-2-4-8-13)11-16(22(24)25)19(18)20(21)23/h2-12H,1H3,(H,24,25)/q+1. The summed E-state index contributed by atoms with van der Waals surface area (Å²) in [6, 6.07) is 18.7. The van der Waals surface area contributed by atoms with Crippen molar-refractivity contribution in [3.8, 4) is 23.0 Å². The number of rotatable bonds is 3. The molecule has 27 heavy (non-hydrogen) atoms. The number of amides is 1. The molecule has 0 saturated heterocycles. The highest BCUT2D eigenvalue weighted by Gasteiger charge is 2.36. The fraction of sp³-hybridized carbons (Fsp3) is 0.0500. The van der Waals surface area contributed by atoms with Gasteiger partial charge in [-0.15, -0.1) is 0 Å². The van der Waals surface area contributed by atoms with Gasteiger partial charge in [-0.05, 0) is 24.3 Å². The molecule has 1 aliphatic heterocycles. The third kappa shape index (κ3) is 2.95. The number of hydrogen-bond donors (Lipinski definition) is 1. The van der Waals surface area contributed by atoms with Crippen LogP contribution in [-0.4, -0.2) is 23.1 Å². The molecule has 3 aromatic rings. The maximum absolute atomic E-state index is 12.9. The van der Waals surface area contributed by atoms with E-state index in [4.69, 9.17) is 9.47 Å². The summed E-state index contributed by atoms with van der Waals surface area (Å²) in [5, 5.41) is 9.58. The first-order valence-corrected chi connectivity index (χ1v) is 8.16. The van der Waals surface area contributed by atoms with Crippen molar-refractivity contribution in [1.82, 2.24) is 0 Å². The Labute approximate surface area is 154 Å². The van der Waals surface area contributed by atoms with E-state index in [-0.39, 0.29) is 27.7 Å². The lowest BCUT2D eigenvalue weighted by molar-refractivity contribution is -0.729. The van der Waals surface area contributed by atoms with Crippen LogP contribution in [0.15, 0.2) is 66.7 Å². The second-order valence-corrected chi connectivity index (χ2v) is 5.94. The van der Waals surface area contributed by atoms with Gasteiger partial charge >= 0.3 is 5.69 Å². The Balaban J connectivity index is 1.88. The number of benzene rings is 3. The number of anilines is 1. The molecule has 0 fully saturated rings.